The van der Waals surface area contributed by atoms with E-state index in [1.54, 1.807) is 0 Å². The van der Waals surface area contributed by atoms with Gasteiger partial charge in [-0.05, 0) is 59.3 Å². The first kappa shape index (κ1) is 17.9. The molecule has 0 radical (unpaired) electrons. The summed E-state index contributed by atoms with van der Waals surface area (Å²) in [6.07, 6.45) is 6.88. The van der Waals surface area contributed by atoms with Crippen LogP contribution in [0.1, 0.15) is 52.9 Å². The molecule has 0 aliphatic heterocycles. The van der Waals surface area contributed by atoms with E-state index in [2.05, 4.69) is 50.0 Å². The lowest BCUT2D eigenvalue weighted by molar-refractivity contribution is 0.124. The van der Waals surface area contributed by atoms with Gasteiger partial charge >= 0.3 is 0 Å². The van der Waals surface area contributed by atoms with Crippen LogP contribution < -0.4 is 5.32 Å². The second-order valence-corrected chi connectivity index (χ2v) is 6.80. The standard InChI is InChI=1S/C17H37N3/c1-6-12-18-17-11-9-8-10-16(17)14-20(7-2)15(3)13-19(4)5/h15-18H,6-14H2,1-5H3. The van der Waals surface area contributed by atoms with Gasteiger partial charge in [0.15, 0.2) is 0 Å². The molecule has 0 amide bonds. The Morgan fingerprint density at radius 2 is 1.85 bits per heavy atom. The molecule has 3 heteroatoms. The van der Waals surface area contributed by atoms with Gasteiger partial charge in [0, 0.05) is 25.2 Å². The summed E-state index contributed by atoms with van der Waals surface area (Å²) < 4.78 is 0. The minimum Gasteiger partial charge on any atom is -0.314 e. The van der Waals surface area contributed by atoms with Crippen molar-refractivity contribution < 1.29 is 0 Å². The molecular formula is C17H37N3. The van der Waals surface area contributed by atoms with Crippen LogP contribution in [0.15, 0.2) is 0 Å². The fraction of sp³-hybridized carbons (Fsp3) is 1.00. The zero-order valence-electron chi connectivity index (χ0n) is 14.5. The lowest BCUT2D eigenvalue weighted by atomic mass is 9.83. The summed E-state index contributed by atoms with van der Waals surface area (Å²) in [6.45, 7) is 11.7. The molecule has 1 N–H and O–H groups in total. The molecule has 0 bridgehead atoms. The maximum atomic E-state index is 3.79. The number of nitrogens with one attached hydrogen (secondary N) is 1. The Balaban J connectivity index is 2.51. The summed E-state index contributed by atoms with van der Waals surface area (Å²) in [7, 11) is 4.35. The van der Waals surface area contributed by atoms with Crippen LogP contribution in [0.4, 0.5) is 0 Å². The molecule has 120 valence electrons. The molecule has 1 aliphatic carbocycles. The number of rotatable bonds is 9. The van der Waals surface area contributed by atoms with Crippen LogP contribution in [0.2, 0.25) is 0 Å². The first-order valence-corrected chi connectivity index (χ1v) is 8.70. The molecule has 1 aliphatic rings. The van der Waals surface area contributed by atoms with E-state index in [9.17, 15) is 0 Å². The molecule has 0 aromatic rings. The number of likely N-dealkylation sites (N-methyl/N-ethyl adjacent to an activating group) is 2. The van der Waals surface area contributed by atoms with Crippen LogP contribution in [0.25, 0.3) is 0 Å². The van der Waals surface area contributed by atoms with Gasteiger partial charge in [-0.15, -0.1) is 0 Å². The number of nitrogens with zero attached hydrogens (tertiary/aromatic N) is 2. The Labute approximate surface area is 127 Å². The van der Waals surface area contributed by atoms with Gasteiger partial charge in [0.1, 0.15) is 0 Å². The van der Waals surface area contributed by atoms with Crippen LogP contribution >= 0.6 is 0 Å². The fourth-order valence-electron chi connectivity index (χ4n) is 3.59. The highest BCUT2D eigenvalue weighted by Gasteiger charge is 2.27. The molecule has 1 saturated carbocycles. The van der Waals surface area contributed by atoms with Gasteiger partial charge in [-0.1, -0.05) is 26.7 Å². The molecule has 20 heavy (non-hydrogen) atoms. The maximum Gasteiger partial charge on any atom is 0.0194 e. The third-order valence-corrected chi connectivity index (χ3v) is 4.69. The van der Waals surface area contributed by atoms with Gasteiger partial charge in [-0.2, -0.15) is 0 Å². The summed E-state index contributed by atoms with van der Waals surface area (Å²) in [5, 5.41) is 3.79. The summed E-state index contributed by atoms with van der Waals surface area (Å²) in [5.41, 5.74) is 0. The molecular weight excluding hydrogens is 246 g/mol. The zero-order chi connectivity index (χ0) is 15.0. The monoisotopic (exact) mass is 283 g/mol. The van der Waals surface area contributed by atoms with Gasteiger partial charge in [-0.25, -0.2) is 0 Å². The second kappa shape index (κ2) is 9.75. The van der Waals surface area contributed by atoms with Crippen LogP contribution in [0.3, 0.4) is 0 Å². The Hall–Kier alpha value is -0.120. The van der Waals surface area contributed by atoms with Gasteiger partial charge < -0.3 is 10.2 Å². The van der Waals surface area contributed by atoms with E-state index in [0.717, 1.165) is 18.5 Å². The normalized spacial score (nSPS) is 25.4. The van der Waals surface area contributed by atoms with Crippen LogP contribution in [-0.4, -0.2) is 62.2 Å². The fourth-order valence-corrected chi connectivity index (χ4v) is 3.59. The average molecular weight is 284 g/mol. The second-order valence-electron chi connectivity index (χ2n) is 6.80. The van der Waals surface area contributed by atoms with Crippen LogP contribution in [0.5, 0.6) is 0 Å². The lowest BCUT2D eigenvalue weighted by Gasteiger charge is -2.38. The van der Waals surface area contributed by atoms with E-state index >= 15 is 0 Å². The van der Waals surface area contributed by atoms with Gasteiger partial charge in [0.2, 0.25) is 0 Å². The highest BCUT2D eigenvalue weighted by molar-refractivity contribution is 4.84. The highest BCUT2D eigenvalue weighted by atomic mass is 15.2. The molecule has 0 aromatic heterocycles. The van der Waals surface area contributed by atoms with E-state index in [1.807, 2.05) is 0 Å². The van der Waals surface area contributed by atoms with E-state index in [1.165, 1.54) is 51.7 Å². The van der Waals surface area contributed by atoms with E-state index < -0.39 is 0 Å². The zero-order valence-corrected chi connectivity index (χ0v) is 14.5. The van der Waals surface area contributed by atoms with Crippen molar-refractivity contribution in [3.63, 3.8) is 0 Å². The lowest BCUT2D eigenvalue weighted by Crippen LogP contribution is -2.48. The van der Waals surface area contributed by atoms with Crippen molar-refractivity contribution >= 4 is 0 Å². The Bertz CT molecular complexity index is 242. The molecule has 3 atom stereocenters. The molecule has 0 heterocycles. The van der Waals surface area contributed by atoms with Gasteiger partial charge in [0.25, 0.3) is 0 Å². The van der Waals surface area contributed by atoms with Crippen LogP contribution in [0, 0.1) is 5.92 Å². The molecule has 0 aromatic carbocycles. The molecule has 3 nitrogen and oxygen atoms in total. The smallest absolute Gasteiger partial charge is 0.0194 e. The Morgan fingerprint density at radius 3 is 2.45 bits per heavy atom. The Morgan fingerprint density at radius 1 is 1.15 bits per heavy atom. The summed E-state index contributed by atoms with van der Waals surface area (Å²) in [6, 6.07) is 1.41. The van der Waals surface area contributed by atoms with Crippen molar-refractivity contribution in [2.45, 2.75) is 65.0 Å². The largest absolute Gasteiger partial charge is 0.314 e. The summed E-state index contributed by atoms with van der Waals surface area (Å²) in [5.74, 6) is 0.847. The molecule has 1 fully saturated rings. The third-order valence-electron chi connectivity index (χ3n) is 4.69. The van der Waals surface area contributed by atoms with Crippen molar-refractivity contribution in [1.82, 2.24) is 15.1 Å². The predicted octanol–water partition coefficient (Wildman–Crippen LogP) is 2.82. The van der Waals surface area contributed by atoms with Crippen LogP contribution in [-0.2, 0) is 0 Å². The van der Waals surface area contributed by atoms with Crippen molar-refractivity contribution in [1.29, 1.82) is 0 Å². The number of hydrogen-bond donors (Lipinski definition) is 1. The summed E-state index contributed by atoms with van der Waals surface area (Å²) in [4.78, 5) is 4.98. The van der Waals surface area contributed by atoms with Gasteiger partial charge in [0.05, 0.1) is 0 Å². The van der Waals surface area contributed by atoms with Crippen molar-refractivity contribution in [3.05, 3.63) is 0 Å². The minimum atomic E-state index is 0.656. The summed E-state index contributed by atoms with van der Waals surface area (Å²) >= 11 is 0. The average Bonchev–Trinajstić information content (AvgIpc) is 2.42. The third kappa shape index (κ3) is 6.11. The maximum absolute atomic E-state index is 3.79. The van der Waals surface area contributed by atoms with E-state index in [0.29, 0.717) is 6.04 Å². The topological polar surface area (TPSA) is 18.5 Å². The first-order valence-electron chi connectivity index (χ1n) is 8.70. The SMILES string of the molecule is CCCNC1CCCCC1CN(CC)C(C)CN(C)C. The van der Waals surface area contributed by atoms with E-state index in [4.69, 9.17) is 0 Å². The predicted molar refractivity (Wildman–Crippen MR) is 89.3 cm³/mol. The van der Waals surface area contributed by atoms with E-state index in [-0.39, 0.29) is 0 Å². The molecule has 3 unspecified atom stereocenters. The minimum absolute atomic E-state index is 0.656. The van der Waals surface area contributed by atoms with Crippen molar-refractivity contribution in [2.75, 3.05) is 40.3 Å². The molecule has 0 spiro atoms. The van der Waals surface area contributed by atoms with Crippen molar-refractivity contribution in [2.24, 2.45) is 5.92 Å². The van der Waals surface area contributed by atoms with Crippen molar-refractivity contribution in [3.8, 4) is 0 Å². The Kier molecular flexibility index (Phi) is 8.74. The quantitative estimate of drug-likeness (QED) is 0.702. The number of hydrogen-bond acceptors (Lipinski definition) is 3. The van der Waals surface area contributed by atoms with Gasteiger partial charge in [-0.3, -0.25) is 4.90 Å². The molecule has 0 saturated heterocycles. The molecule has 1 rings (SSSR count). The highest BCUT2D eigenvalue weighted by Crippen LogP contribution is 2.26. The first-order chi connectivity index (χ1) is 9.58.